The van der Waals surface area contributed by atoms with Crippen molar-refractivity contribution >= 4 is 5.91 Å². The van der Waals surface area contributed by atoms with Gasteiger partial charge in [-0.1, -0.05) is 45.0 Å². The number of nitrogens with zero attached hydrogens (tertiary/aromatic N) is 1. The first kappa shape index (κ1) is 17.6. The molecule has 124 valence electrons. The number of carbonyl (C=O) groups is 1. The van der Waals surface area contributed by atoms with Crippen LogP contribution in [0.5, 0.6) is 5.75 Å². The molecule has 0 aromatic heterocycles. The maximum Gasteiger partial charge on any atom is 0.252 e. The molecule has 4 heteroatoms. The molecule has 0 fully saturated rings. The van der Waals surface area contributed by atoms with E-state index >= 15 is 0 Å². The van der Waals surface area contributed by atoms with Crippen molar-refractivity contribution in [1.82, 2.24) is 5.32 Å². The normalized spacial score (nSPS) is 10.9. The molecule has 0 spiro atoms. The van der Waals surface area contributed by atoms with Gasteiger partial charge in [-0.05, 0) is 41.2 Å². The SMILES string of the molecule is CC(C)(C)c1ccc(CCNC(=O)c2ccc(O)cc2C#N)cc1. The van der Waals surface area contributed by atoms with Gasteiger partial charge in [0.05, 0.1) is 11.1 Å². The lowest BCUT2D eigenvalue weighted by molar-refractivity contribution is 0.0954. The summed E-state index contributed by atoms with van der Waals surface area (Å²) in [6.45, 7) is 7.01. The number of phenols is 1. The fourth-order valence-corrected chi connectivity index (χ4v) is 2.41. The van der Waals surface area contributed by atoms with E-state index in [1.165, 1.54) is 23.8 Å². The number of rotatable bonds is 4. The van der Waals surface area contributed by atoms with E-state index in [-0.39, 0.29) is 28.2 Å². The molecule has 2 aromatic carbocycles. The molecule has 2 aromatic rings. The van der Waals surface area contributed by atoms with E-state index in [2.05, 4.69) is 50.4 Å². The summed E-state index contributed by atoms with van der Waals surface area (Å²) in [6, 6.07) is 14.5. The van der Waals surface area contributed by atoms with Crippen LogP contribution in [0.4, 0.5) is 0 Å². The largest absolute Gasteiger partial charge is 0.508 e. The lowest BCUT2D eigenvalue weighted by atomic mass is 9.86. The first-order valence-corrected chi connectivity index (χ1v) is 7.92. The molecule has 0 aliphatic rings. The average molecular weight is 322 g/mol. The fraction of sp³-hybridized carbons (Fsp3) is 0.300. The number of nitrogens with one attached hydrogen (secondary N) is 1. The number of hydrogen-bond donors (Lipinski definition) is 2. The van der Waals surface area contributed by atoms with Crippen molar-refractivity contribution < 1.29 is 9.90 Å². The first-order chi connectivity index (χ1) is 11.3. The molecule has 2 rings (SSSR count). The summed E-state index contributed by atoms with van der Waals surface area (Å²) in [7, 11) is 0. The highest BCUT2D eigenvalue weighted by atomic mass is 16.3. The highest BCUT2D eigenvalue weighted by Crippen LogP contribution is 2.22. The predicted octanol–water partition coefficient (Wildman–Crippen LogP) is 3.53. The maximum absolute atomic E-state index is 12.2. The molecule has 0 saturated carbocycles. The Hall–Kier alpha value is -2.80. The van der Waals surface area contributed by atoms with Gasteiger partial charge in [-0.3, -0.25) is 4.79 Å². The highest BCUT2D eigenvalue weighted by molar-refractivity contribution is 5.96. The quantitative estimate of drug-likeness (QED) is 0.904. The third kappa shape index (κ3) is 4.36. The summed E-state index contributed by atoms with van der Waals surface area (Å²) < 4.78 is 0. The van der Waals surface area contributed by atoms with Gasteiger partial charge in [0.2, 0.25) is 0 Å². The van der Waals surface area contributed by atoms with E-state index in [1.807, 2.05) is 6.07 Å². The van der Waals surface area contributed by atoms with Crippen molar-refractivity contribution in [2.45, 2.75) is 32.6 Å². The van der Waals surface area contributed by atoms with Crippen LogP contribution in [0.1, 0.15) is 47.8 Å². The molecule has 2 N–H and O–H groups in total. The van der Waals surface area contributed by atoms with E-state index in [0.29, 0.717) is 6.54 Å². The number of carbonyl (C=O) groups excluding carboxylic acids is 1. The van der Waals surface area contributed by atoms with Crippen LogP contribution in [-0.4, -0.2) is 17.6 Å². The molecule has 0 aliphatic carbocycles. The standard InChI is InChI=1S/C20H22N2O2/c1-20(2,3)16-6-4-14(5-7-16)10-11-22-19(24)18-9-8-17(23)12-15(18)13-21/h4-9,12,23H,10-11H2,1-3H3,(H,22,24). The van der Waals surface area contributed by atoms with Crippen LogP contribution in [-0.2, 0) is 11.8 Å². The van der Waals surface area contributed by atoms with Crippen molar-refractivity contribution in [1.29, 1.82) is 5.26 Å². The first-order valence-electron chi connectivity index (χ1n) is 7.92. The molecule has 0 radical (unpaired) electrons. The van der Waals surface area contributed by atoms with Gasteiger partial charge >= 0.3 is 0 Å². The van der Waals surface area contributed by atoms with E-state index in [1.54, 1.807) is 0 Å². The Labute approximate surface area is 142 Å². The summed E-state index contributed by atoms with van der Waals surface area (Å²) in [5.41, 5.74) is 2.99. The van der Waals surface area contributed by atoms with Crippen molar-refractivity contribution in [3.05, 3.63) is 64.7 Å². The number of phenolic OH excluding ortho intramolecular Hbond substituents is 1. The molecule has 1 amide bonds. The van der Waals surface area contributed by atoms with Crippen molar-refractivity contribution in [2.24, 2.45) is 0 Å². The number of nitriles is 1. The van der Waals surface area contributed by atoms with Crippen LogP contribution in [0.2, 0.25) is 0 Å². The summed E-state index contributed by atoms with van der Waals surface area (Å²) in [5, 5.41) is 21.2. The van der Waals surface area contributed by atoms with Gasteiger partial charge in [0, 0.05) is 6.54 Å². The zero-order chi connectivity index (χ0) is 17.7. The Kier molecular flexibility index (Phi) is 5.25. The van der Waals surface area contributed by atoms with Crippen molar-refractivity contribution in [3.63, 3.8) is 0 Å². The number of amides is 1. The Bertz CT molecular complexity index is 766. The molecular weight excluding hydrogens is 300 g/mol. The second-order valence-corrected chi connectivity index (χ2v) is 6.79. The summed E-state index contributed by atoms with van der Waals surface area (Å²) in [6.07, 6.45) is 0.718. The number of aromatic hydroxyl groups is 1. The van der Waals surface area contributed by atoms with Crippen LogP contribution in [0, 0.1) is 11.3 Å². The topological polar surface area (TPSA) is 73.1 Å². The molecule has 0 saturated heterocycles. The fourth-order valence-electron chi connectivity index (χ4n) is 2.41. The van der Waals surface area contributed by atoms with Gasteiger partial charge in [-0.25, -0.2) is 0 Å². The van der Waals surface area contributed by atoms with E-state index in [9.17, 15) is 9.90 Å². The van der Waals surface area contributed by atoms with Gasteiger partial charge in [0.1, 0.15) is 11.8 Å². The zero-order valence-corrected chi connectivity index (χ0v) is 14.3. The van der Waals surface area contributed by atoms with Gasteiger partial charge in [0.25, 0.3) is 5.91 Å². The Morgan fingerprint density at radius 3 is 2.42 bits per heavy atom. The molecule has 0 aliphatic heterocycles. The van der Waals surface area contributed by atoms with Gasteiger partial charge < -0.3 is 10.4 Å². The zero-order valence-electron chi connectivity index (χ0n) is 14.3. The Balaban J connectivity index is 1.95. The monoisotopic (exact) mass is 322 g/mol. The van der Waals surface area contributed by atoms with Crippen LogP contribution in [0.15, 0.2) is 42.5 Å². The van der Waals surface area contributed by atoms with E-state index < -0.39 is 0 Å². The lowest BCUT2D eigenvalue weighted by Crippen LogP contribution is -2.26. The summed E-state index contributed by atoms with van der Waals surface area (Å²) in [4.78, 5) is 12.2. The second kappa shape index (κ2) is 7.18. The van der Waals surface area contributed by atoms with Gasteiger partial charge in [-0.15, -0.1) is 0 Å². The summed E-state index contributed by atoms with van der Waals surface area (Å²) in [5.74, 6) is -0.333. The third-order valence-corrected chi connectivity index (χ3v) is 3.89. The van der Waals surface area contributed by atoms with E-state index in [0.717, 1.165) is 12.0 Å². The lowest BCUT2D eigenvalue weighted by Gasteiger charge is -2.19. The van der Waals surface area contributed by atoms with Crippen LogP contribution in [0.3, 0.4) is 0 Å². The van der Waals surface area contributed by atoms with Crippen LogP contribution < -0.4 is 5.32 Å². The highest BCUT2D eigenvalue weighted by Gasteiger charge is 2.13. The molecular formula is C20H22N2O2. The second-order valence-electron chi connectivity index (χ2n) is 6.79. The predicted molar refractivity (Wildman–Crippen MR) is 94.0 cm³/mol. The average Bonchev–Trinajstić information content (AvgIpc) is 2.54. The number of benzene rings is 2. The third-order valence-electron chi connectivity index (χ3n) is 3.89. The van der Waals surface area contributed by atoms with Crippen LogP contribution in [0.25, 0.3) is 0 Å². The Morgan fingerprint density at radius 1 is 1.17 bits per heavy atom. The van der Waals surface area contributed by atoms with E-state index in [4.69, 9.17) is 5.26 Å². The summed E-state index contributed by atoms with van der Waals surface area (Å²) >= 11 is 0. The van der Waals surface area contributed by atoms with Crippen molar-refractivity contribution in [2.75, 3.05) is 6.54 Å². The minimum absolute atomic E-state index is 0.0259. The van der Waals surface area contributed by atoms with Gasteiger partial charge in [-0.2, -0.15) is 5.26 Å². The molecule has 24 heavy (non-hydrogen) atoms. The molecule has 0 bridgehead atoms. The number of hydrogen-bond acceptors (Lipinski definition) is 3. The molecule has 0 atom stereocenters. The van der Waals surface area contributed by atoms with Crippen molar-refractivity contribution in [3.8, 4) is 11.8 Å². The Morgan fingerprint density at radius 2 is 1.83 bits per heavy atom. The minimum atomic E-state index is -0.308. The minimum Gasteiger partial charge on any atom is -0.508 e. The molecule has 0 unspecified atom stereocenters. The maximum atomic E-state index is 12.2. The van der Waals surface area contributed by atoms with Gasteiger partial charge in [0.15, 0.2) is 0 Å². The molecule has 4 nitrogen and oxygen atoms in total. The van der Waals surface area contributed by atoms with Crippen LogP contribution >= 0.6 is 0 Å². The smallest absolute Gasteiger partial charge is 0.252 e. The molecule has 0 heterocycles.